The van der Waals surface area contributed by atoms with E-state index in [1.54, 1.807) is 21.3 Å². The molecule has 1 unspecified atom stereocenters. The van der Waals surface area contributed by atoms with Crippen molar-refractivity contribution in [3.05, 3.63) is 29.8 Å². The van der Waals surface area contributed by atoms with E-state index in [2.05, 4.69) is 32.4 Å². The Morgan fingerprint density at radius 1 is 1.08 bits per heavy atom. The molecule has 2 aromatic heterocycles. The lowest BCUT2D eigenvalue weighted by Crippen LogP contribution is -2.19. The van der Waals surface area contributed by atoms with Crippen LogP contribution in [0.25, 0.3) is 10.9 Å². The van der Waals surface area contributed by atoms with Crippen LogP contribution < -0.4 is 19.5 Å². The molecule has 3 aromatic rings. The summed E-state index contributed by atoms with van der Waals surface area (Å²) in [5.74, 6) is 2.29. The Morgan fingerprint density at radius 2 is 1.85 bits per heavy atom. The lowest BCUT2D eigenvalue weighted by atomic mass is 10.1. The summed E-state index contributed by atoms with van der Waals surface area (Å²) < 4.78 is 16.4. The second-order valence-electron chi connectivity index (χ2n) is 6.06. The van der Waals surface area contributed by atoms with Gasteiger partial charge in [0.2, 0.25) is 5.75 Å². The van der Waals surface area contributed by atoms with Gasteiger partial charge in [0.05, 0.1) is 32.4 Å². The number of rotatable bonds is 7. The van der Waals surface area contributed by atoms with E-state index >= 15 is 0 Å². The molecule has 2 N–H and O–H groups in total. The van der Waals surface area contributed by atoms with Gasteiger partial charge < -0.3 is 19.5 Å². The average Bonchev–Trinajstić information content (AvgIpc) is 3.04. The molecular formula is C18H23N5O3. The molecule has 0 radical (unpaired) electrons. The van der Waals surface area contributed by atoms with Gasteiger partial charge in [0.25, 0.3) is 0 Å². The minimum absolute atomic E-state index is 0.120. The zero-order valence-corrected chi connectivity index (χ0v) is 15.6. The second kappa shape index (κ2) is 7.47. The van der Waals surface area contributed by atoms with Crippen molar-refractivity contribution in [3.8, 4) is 17.2 Å². The third-order valence-corrected chi connectivity index (χ3v) is 4.09. The molecule has 3 rings (SSSR count). The van der Waals surface area contributed by atoms with E-state index in [1.165, 1.54) is 6.33 Å². The number of H-pyrrole nitrogens is 1. The van der Waals surface area contributed by atoms with Crippen LogP contribution in [0.5, 0.6) is 17.2 Å². The summed E-state index contributed by atoms with van der Waals surface area (Å²) >= 11 is 0. The van der Waals surface area contributed by atoms with Crippen LogP contribution >= 0.6 is 0 Å². The Kier molecular flexibility index (Phi) is 5.11. The maximum atomic E-state index is 5.51. The van der Waals surface area contributed by atoms with Crippen LogP contribution in [-0.4, -0.2) is 47.5 Å². The molecule has 8 nitrogen and oxygen atoms in total. The molecule has 0 aliphatic rings. The van der Waals surface area contributed by atoms with Crippen molar-refractivity contribution in [2.75, 3.05) is 26.6 Å². The fraction of sp³-hybridized carbons (Fsp3) is 0.389. The molecule has 138 valence electrons. The molecule has 0 saturated heterocycles. The van der Waals surface area contributed by atoms with Crippen LogP contribution in [0.3, 0.4) is 0 Å². The van der Waals surface area contributed by atoms with Crippen molar-refractivity contribution in [2.45, 2.75) is 26.3 Å². The van der Waals surface area contributed by atoms with Gasteiger partial charge in [-0.1, -0.05) is 0 Å². The highest BCUT2D eigenvalue weighted by Gasteiger charge is 2.20. The van der Waals surface area contributed by atoms with Gasteiger partial charge >= 0.3 is 0 Å². The largest absolute Gasteiger partial charge is 0.493 e. The minimum atomic E-state index is 0.120. The smallest absolute Gasteiger partial charge is 0.205 e. The zero-order valence-electron chi connectivity index (χ0n) is 15.6. The molecule has 0 aliphatic carbocycles. The quantitative estimate of drug-likeness (QED) is 0.671. The number of nitrogens with zero attached hydrogens (tertiary/aromatic N) is 3. The highest BCUT2D eigenvalue weighted by molar-refractivity contribution is 5.96. The maximum Gasteiger partial charge on any atom is 0.205 e. The van der Waals surface area contributed by atoms with Crippen LogP contribution in [0.4, 0.5) is 5.82 Å². The van der Waals surface area contributed by atoms with Gasteiger partial charge in [-0.3, -0.25) is 5.10 Å². The number of aryl methyl sites for hydroxylation is 1. The third-order valence-electron chi connectivity index (χ3n) is 4.09. The number of benzene rings is 1. The molecule has 8 heteroatoms. The summed E-state index contributed by atoms with van der Waals surface area (Å²) in [6, 6.07) is 4.01. The van der Waals surface area contributed by atoms with E-state index < -0.39 is 0 Å². The average molecular weight is 357 g/mol. The first-order valence-corrected chi connectivity index (χ1v) is 8.28. The summed E-state index contributed by atoms with van der Waals surface area (Å²) in [6.45, 7) is 4.06. The maximum absolute atomic E-state index is 5.51. The number of methoxy groups -OCH3 is 3. The van der Waals surface area contributed by atoms with E-state index in [0.29, 0.717) is 28.6 Å². The number of hydrogen-bond donors (Lipinski definition) is 2. The number of ether oxygens (including phenoxy) is 3. The van der Waals surface area contributed by atoms with E-state index in [4.69, 9.17) is 14.2 Å². The molecule has 26 heavy (non-hydrogen) atoms. The Morgan fingerprint density at radius 3 is 2.46 bits per heavy atom. The lowest BCUT2D eigenvalue weighted by molar-refractivity contribution is 0.327. The summed E-state index contributed by atoms with van der Waals surface area (Å²) in [6.07, 6.45) is 2.27. The van der Waals surface area contributed by atoms with Crippen LogP contribution in [0.1, 0.15) is 18.3 Å². The number of aromatic nitrogens is 4. The van der Waals surface area contributed by atoms with Crippen molar-refractivity contribution in [3.63, 3.8) is 0 Å². The SMILES string of the molecule is COc1cc2c(NC(C)Cc3cc(C)[nH]n3)ncnc2c(OC)c1OC. The van der Waals surface area contributed by atoms with Crippen LogP contribution in [0.2, 0.25) is 0 Å². The van der Waals surface area contributed by atoms with Crippen LogP contribution in [0, 0.1) is 6.92 Å². The standard InChI is InChI=1S/C18H23N5O3/c1-10(6-12-7-11(2)22-23-12)21-18-13-8-14(24-3)16(25-4)17(26-5)15(13)19-9-20-18/h7-10H,6H2,1-5H3,(H,22,23)(H,19,20,21). The molecule has 0 spiro atoms. The summed E-state index contributed by atoms with van der Waals surface area (Å²) in [5, 5.41) is 11.5. The van der Waals surface area contributed by atoms with E-state index in [-0.39, 0.29) is 6.04 Å². The summed E-state index contributed by atoms with van der Waals surface area (Å²) in [5.41, 5.74) is 2.70. The molecule has 0 bridgehead atoms. The molecule has 0 amide bonds. The molecular weight excluding hydrogens is 334 g/mol. The molecule has 1 atom stereocenters. The Hall–Kier alpha value is -3.03. The Balaban J connectivity index is 1.98. The second-order valence-corrected chi connectivity index (χ2v) is 6.06. The third kappa shape index (κ3) is 3.35. The number of fused-ring (bicyclic) bond motifs is 1. The summed E-state index contributed by atoms with van der Waals surface area (Å²) in [7, 11) is 4.73. The molecule has 0 saturated carbocycles. The number of nitrogens with one attached hydrogen (secondary N) is 2. The number of aromatic amines is 1. The van der Waals surface area contributed by atoms with Gasteiger partial charge in [-0.25, -0.2) is 9.97 Å². The first-order chi connectivity index (χ1) is 12.6. The monoisotopic (exact) mass is 357 g/mol. The van der Waals surface area contributed by atoms with Crippen LogP contribution in [0.15, 0.2) is 18.5 Å². The van der Waals surface area contributed by atoms with Gasteiger partial charge in [-0.2, -0.15) is 5.10 Å². The fourth-order valence-electron chi connectivity index (χ4n) is 2.96. The van der Waals surface area contributed by atoms with Gasteiger partial charge in [-0.15, -0.1) is 0 Å². The van der Waals surface area contributed by atoms with E-state index in [9.17, 15) is 0 Å². The minimum Gasteiger partial charge on any atom is -0.493 e. The molecule has 1 aromatic carbocycles. The van der Waals surface area contributed by atoms with Gasteiger partial charge in [0.15, 0.2) is 11.5 Å². The first-order valence-electron chi connectivity index (χ1n) is 8.28. The highest BCUT2D eigenvalue weighted by atomic mass is 16.5. The first kappa shape index (κ1) is 17.8. The van der Waals surface area contributed by atoms with Crippen LogP contribution in [-0.2, 0) is 6.42 Å². The van der Waals surface area contributed by atoms with E-state index in [1.807, 2.05) is 19.1 Å². The van der Waals surface area contributed by atoms with E-state index in [0.717, 1.165) is 23.2 Å². The number of anilines is 1. The van der Waals surface area contributed by atoms with Crippen molar-refractivity contribution >= 4 is 16.7 Å². The van der Waals surface area contributed by atoms with Crippen molar-refractivity contribution < 1.29 is 14.2 Å². The number of hydrogen-bond acceptors (Lipinski definition) is 7. The Bertz CT molecular complexity index is 909. The predicted molar refractivity (Wildman–Crippen MR) is 99.3 cm³/mol. The molecule has 0 aliphatic heterocycles. The zero-order chi connectivity index (χ0) is 18.7. The topological polar surface area (TPSA) is 94.2 Å². The highest BCUT2D eigenvalue weighted by Crippen LogP contribution is 2.43. The molecule has 0 fully saturated rings. The van der Waals surface area contributed by atoms with Crippen molar-refractivity contribution in [2.24, 2.45) is 0 Å². The molecule has 2 heterocycles. The normalized spacial score (nSPS) is 12.0. The van der Waals surface area contributed by atoms with Gasteiger partial charge in [0.1, 0.15) is 17.7 Å². The van der Waals surface area contributed by atoms with Gasteiger partial charge in [-0.05, 0) is 26.0 Å². The van der Waals surface area contributed by atoms with Gasteiger partial charge in [0, 0.05) is 18.2 Å². The fourth-order valence-corrected chi connectivity index (χ4v) is 2.96. The van der Waals surface area contributed by atoms with Crippen molar-refractivity contribution in [1.29, 1.82) is 0 Å². The lowest BCUT2D eigenvalue weighted by Gasteiger charge is -2.18. The van der Waals surface area contributed by atoms with Crippen molar-refractivity contribution in [1.82, 2.24) is 20.2 Å². The Labute approximate surface area is 151 Å². The predicted octanol–water partition coefficient (Wildman–Crippen LogP) is 2.73. The summed E-state index contributed by atoms with van der Waals surface area (Å²) in [4.78, 5) is 8.76.